The van der Waals surface area contributed by atoms with Crippen LogP contribution in [-0.2, 0) is 6.18 Å². The van der Waals surface area contributed by atoms with E-state index in [1.807, 2.05) is 10.9 Å². The average molecular weight is 451 g/mol. The molecule has 2 aromatic heterocycles. The third-order valence-electron chi connectivity index (χ3n) is 5.84. The SMILES string of the molecule is CC(C)(C)C1CC(n2cc3cc(NC(=O)c4cccc(C(F)(F)F)n4)c(Cl)cc3n2)C1. The summed E-state index contributed by atoms with van der Waals surface area (Å²) in [6, 6.07) is 6.81. The molecule has 1 aliphatic carbocycles. The van der Waals surface area contributed by atoms with Crippen molar-refractivity contribution in [3.63, 3.8) is 0 Å². The molecule has 0 saturated heterocycles. The van der Waals surface area contributed by atoms with Gasteiger partial charge in [0.1, 0.15) is 11.4 Å². The van der Waals surface area contributed by atoms with Crippen molar-refractivity contribution in [1.29, 1.82) is 0 Å². The average Bonchev–Trinajstić information content (AvgIpc) is 3.00. The second kappa shape index (κ2) is 7.51. The van der Waals surface area contributed by atoms with E-state index in [1.165, 1.54) is 6.07 Å². The molecule has 9 heteroatoms. The molecule has 0 spiro atoms. The molecule has 5 nitrogen and oxygen atoms in total. The Morgan fingerprint density at radius 1 is 1.19 bits per heavy atom. The predicted octanol–water partition coefficient (Wildman–Crippen LogP) is 6.35. The Bertz CT molecular complexity index is 1140. The molecule has 1 aromatic carbocycles. The lowest BCUT2D eigenvalue weighted by molar-refractivity contribution is -0.141. The van der Waals surface area contributed by atoms with E-state index in [-0.39, 0.29) is 16.1 Å². The smallest absolute Gasteiger partial charge is 0.319 e. The summed E-state index contributed by atoms with van der Waals surface area (Å²) in [5.41, 5.74) is -0.221. The lowest BCUT2D eigenvalue weighted by Crippen LogP contribution is -2.35. The third-order valence-corrected chi connectivity index (χ3v) is 6.16. The van der Waals surface area contributed by atoms with E-state index < -0.39 is 17.8 Å². The number of hydrogen-bond acceptors (Lipinski definition) is 3. The molecule has 0 bridgehead atoms. The molecule has 31 heavy (non-hydrogen) atoms. The summed E-state index contributed by atoms with van der Waals surface area (Å²) in [6.45, 7) is 6.71. The number of hydrogen-bond donors (Lipinski definition) is 1. The summed E-state index contributed by atoms with van der Waals surface area (Å²) in [6.07, 6.45) is -0.617. The zero-order valence-corrected chi connectivity index (χ0v) is 18.1. The molecule has 0 unspecified atom stereocenters. The fourth-order valence-corrected chi connectivity index (χ4v) is 3.97. The van der Waals surface area contributed by atoms with Gasteiger partial charge in [-0.2, -0.15) is 18.3 Å². The molecule has 0 atom stereocenters. The third kappa shape index (κ3) is 4.39. The Kier molecular flexibility index (Phi) is 5.24. The van der Waals surface area contributed by atoms with Crippen LogP contribution in [0.1, 0.15) is 55.8 Å². The first-order valence-electron chi connectivity index (χ1n) is 9.96. The van der Waals surface area contributed by atoms with Gasteiger partial charge in [-0.15, -0.1) is 0 Å². The van der Waals surface area contributed by atoms with Crippen molar-refractivity contribution in [1.82, 2.24) is 14.8 Å². The van der Waals surface area contributed by atoms with Crippen molar-refractivity contribution in [2.24, 2.45) is 11.3 Å². The first-order valence-corrected chi connectivity index (χ1v) is 10.3. The lowest BCUT2D eigenvalue weighted by Gasteiger charge is -2.43. The van der Waals surface area contributed by atoms with Gasteiger partial charge in [0, 0.05) is 11.6 Å². The molecule has 3 aromatic rings. The van der Waals surface area contributed by atoms with Gasteiger partial charge in [-0.1, -0.05) is 38.4 Å². The molecule has 1 aliphatic rings. The van der Waals surface area contributed by atoms with Crippen LogP contribution in [0.3, 0.4) is 0 Å². The maximum Gasteiger partial charge on any atom is 0.433 e. The highest BCUT2D eigenvalue weighted by molar-refractivity contribution is 6.34. The first kappa shape index (κ1) is 21.6. The summed E-state index contributed by atoms with van der Waals surface area (Å²) in [7, 11) is 0. The van der Waals surface area contributed by atoms with Gasteiger partial charge in [0.05, 0.1) is 22.3 Å². The Morgan fingerprint density at radius 3 is 2.55 bits per heavy atom. The van der Waals surface area contributed by atoms with Crippen molar-refractivity contribution in [2.45, 2.75) is 45.8 Å². The van der Waals surface area contributed by atoms with Crippen molar-refractivity contribution in [2.75, 3.05) is 5.32 Å². The molecule has 0 aliphatic heterocycles. The largest absolute Gasteiger partial charge is 0.433 e. The molecular weight excluding hydrogens is 429 g/mol. The maximum absolute atomic E-state index is 12.9. The van der Waals surface area contributed by atoms with Crippen LogP contribution in [0.25, 0.3) is 10.9 Å². The number of amides is 1. The second-order valence-electron chi connectivity index (χ2n) is 9.05. The van der Waals surface area contributed by atoms with Gasteiger partial charge in [-0.3, -0.25) is 9.48 Å². The minimum absolute atomic E-state index is 0.249. The highest BCUT2D eigenvalue weighted by Crippen LogP contribution is 2.47. The first-order chi connectivity index (χ1) is 14.4. The molecule has 1 N–H and O–H groups in total. The van der Waals surface area contributed by atoms with E-state index in [1.54, 1.807) is 12.1 Å². The molecule has 2 heterocycles. The Labute approximate surface area is 182 Å². The number of rotatable bonds is 3. The summed E-state index contributed by atoms with van der Waals surface area (Å²) >= 11 is 6.29. The molecule has 4 rings (SSSR count). The predicted molar refractivity (Wildman–Crippen MR) is 113 cm³/mol. The molecule has 1 amide bonds. The van der Waals surface area contributed by atoms with Crippen LogP contribution < -0.4 is 5.32 Å². The number of carbonyl (C=O) groups is 1. The fraction of sp³-hybridized carbons (Fsp3) is 0.409. The number of halogens is 4. The van der Waals surface area contributed by atoms with Crippen LogP contribution >= 0.6 is 11.6 Å². The van der Waals surface area contributed by atoms with Crippen molar-refractivity contribution < 1.29 is 18.0 Å². The molecule has 1 fully saturated rings. The lowest BCUT2D eigenvalue weighted by atomic mass is 9.66. The summed E-state index contributed by atoms with van der Waals surface area (Å²) in [4.78, 5) is 15.9. The van der Waals surface area contributed by atoms with Gasteiger partial charge in [0.2, 0.25) is 0 Å². The maximum atomic E-state index is 12.9. The molecule has 164 valence electrons. The number of anilines is 1. The monoisotopic (exact) mass is 450 g/mol. The number of nitrogens with zero attached hydrogens (tertiary/aromatic N) is 3. The highest BCUT2D eigenvalue weighted by atomic mass is 35.5. The number of aromatic nitrogens is 3. The van der Waals surface area contributed by atoms with Crippen LogP contribution in [-0.4, -0.2) is 20.7 Å². The molecule has 0 radical (unpaired) electrons. The Hall–Kier alpha value is -2.61. The standard InChI is InChI=1S/C22H22ClF3N4O/c1-21(2,3)13-8-14(9-13)30-11-12-7-18(15(23)10-17(12)29-30)28-20(31)16-5-4-6-19(27-16)22(24,25)26/h4-7,10-11,13-14H,8-9H2,1-3H3,(H,28,31). The number of benzene rings is 1. The van der Waals surface area contributed by atoms with Gasteiger partial charge in [-0.25, -0.2) is 4.98 Å². The zero-order chi connectivity index (χ0) is 22.6. The van der Waals surface area contributed by atoms with Crippen LogP contribution in [0.2, 0.25) is 5.02 Å². The van der Waals surface area contributed by atoms with Gasteiger partial charge in [-0.05, 0) is 48.4 Å². The minimum Gasteiger partial charge on any atom is -0.319 e. The summed E-state index contributed by atoms with van der Waals surface area (Å²) < 4.78 is 40.5. The van der Waals surface area contributed by atoms with Crippen molar-refractivity contribution >= 4 is 34.1 Å². The Morgan fingerprint density at radius 2 is 1.90 bits per heavy atom. The van der Waals surface area contributed by atoms with Crippen molar-refractivity contribution in [3.8, 4) is 0 Å². The van der Waals surface area contributed by atoms with E-state index in [9.17, 15) is 18.0 Å². The van der Waals surface area contributed by atoms with Gasteiger partial charge >= 0.3 is 6.18 Å². The summed E-state index contributed by atoms with van der Waals surface area (Å²) in [5, 5.41) is 8.20. The number of alkyl halides is 3. The van der Waals surface area contributed by atoms with Gasteiger partial charge in [0.25, 0.3) is 5.91 Å². The number of carbonyl (C=O) groups excluding carboxylic acids is 1. The highest BCUT2D eigenvalue weighted by Gasteiger charge is 2.38. The van der Waals surface area contributed by atoms with E-state index >= 15 is 0 Å². The number of fused-ring (bicyclic) bond motifs is 1. The van der Waals surface area contributed by atoms with E-state index in [4.69, 9.17) is 11.6 Å². The zero-order valence-electron chi connectivity index (χ0n) is 17.3. The molecule has 1 saturated carbocycles. The van der Waals surface area contributed by atoms with Crippen LogP contribution in [0.4, 0.5) is 18.9 Å². The summed E-state index contributed by atoms with van der Waals surface area (Å²) in [5.74, 6) is -0.130. The van der Waals surface area contributed by atoms with E-state index in [2.05, 4.69) is 36.2 Å². The van der Waals surface area contributed by atoms with Gasteiger partial charge < -0.3 is 5.32 Å². The van der Waals surface area contributed by atoms with Crippen LogP contribution in [0.5, 0.6) is 0 Å². The second-order valence-corrected chi connectivity index (χ2v) is 9.46. The number of pyridine rings is 1. The molecular formula is C22H22ClF3N4O. The topological polar surface area (TPSA) is 59.8 Å². The van der Waals surface area contributed by atoms with Crippen molar-refractivity contribution in [3.05, 3.63) is 52.9 Å². The van der Waals surface area contributed by atoms with E-state index in [0.29, 0.717) is 23.2 Å². The van der Waals surface area contributed by atoms with E-state index in [0.717, 1.165) is 30.4 Å². The number of nitrogens with one attached hydrogen (secondary N) is 1. The normalized spacial score (nSPS) is 19.3. The van der Waals surface area contributed by atoms with Gasteiger partial charge in [0.15, 0.2) is 0 Å². The Balaban J connectivity index is 1.54. The quantitative estimate of drug-likeness (QED) is 0.505. The minimum atomic E-state index is -4.63. The van der Waals surface area contributed by atoms with Crippen LogP contribution in [0, 0.1) is 11.3 Å². The fourth-order valence-electron chi connectivity index (χ4n) is 3.76. The van der Waals surface area contributed by atoms with Crippen LogP contribution in [0.15, 0.2) is 36.5 Å².